The first kappa shape index (κ1) is 16.7. The van der Waals surface area contributed by atoms with E-state index in [0.717, 1.165) is 25.9 Å². The van der Waals surface area contributed by atoms with Gasteiger partial charge >= 0.3 is 0 Å². The maximum absolute atomic E-state index is 13.0. The molecule has 5 nitrogen and oxygen atoms in total. The third-order valence-corrected chi connectivity index (χ3v) is 4.68. The Morgan fingerprint density at radius 2 is 1.83 bits per heavy atom. The van der Waals surface area contributed by atoms with Gasteiger partial charge in [-0.1, -0.05) is 39.0 Å². The van der Waals surface area contributed by atoms with Gasteiger partial charge in [0.05, 0.1) is 5.39 Å². The van der Waals surface area contributed by atoms with Crippen LogP contribution in [-0.2, 0) is 6.54 Å². The summed E-state index contributed by atoms with van der Waals surface area (Å²) in [6, 6.07) is 7.29. The maximum Gasteiger partial charge on any atom is 0.274 e. The number of hydrogen-bond acceptors (Lipinski definition) is 3. The molecule has 0 unspecified atom stereocenters. The van der Waals surface area contributed by atoms with Crippen LogP contribution in [0.2, 0.25) is 0 Å². The zero-order valence-corrected chi connectivity index (χ0v) is 14.7. The van der Waals surface area contributed by atoms with Crippen LogP contribution in [-0.4, -0.2) is 33.7 Å². The molecule has 0 aliphatic carbocycles. The summed E-state index contributed by atoms with van der Waals surface area (Å²) in [6.07, 6.45) is 2.05. The second-order valence-corrected chi connectivity index (χ2v) is 7.25. The molecule has 0 radical (unpaired) electrons. The molecule has 0 atom stereocenters. The van der Waals surface area contributed by atoms with E-state index >= 15 is 0 Å². The average molecular weight is 327 g/mol. The van der Waals surface area contributed by atoms with Gasteiger partial charge in [-0.15, -0.1) is 0 Å². The second-order valence-electron chi connectivity index (χ2n) is 7.25. The molecule has 1 saturated heterocycles. The lowest BCUT2D eigenvalue weighted by atomic mass is 9.99. The normalized spacial score (nSPS) is 16.1. The van der Waals surface area contributed by atoms with E-state index in [1.54, 1.807) is 6.07 Å². The molecule has 1 fully saturated rings. The monoisotopic (exact) mass is 327 g/mol. The summed E-state index contributed by atoms with van der Waals surface area (Å²) in [7, 11) is 0. The van der Waals surface area contributed by atoms with E-state index in [4.69, 9.17) is 0 Å². The molecule has 0 spiro atoms. The van der Waals surface area contributed by atoms with E-state index in [9.17, 15) is 9.59 Å². The van der Waals surface area contributed by atoms with E-state index in [0.29, 0.717) is 28.9 Å². The molecule has 1 aliphatic heterocycles. The number of rotatable bonds is 3. The van der Waals surface area contributed by atoms with Gasteiger partial charge in [0.2, 0.25) is 0 Å². The summed E-state index contributed by atoms with van der Waals surface area (Å²) in [5.74, 6) is 0.888. The number of amides is 1. The number of piperidine rings is 1. The molecule has 24 heavy (non-hydrogen) atoms. The minimum absolute atomic E-state index is 0.0596. The smallest absolute Gasteiger partial charge is 0.274 e. The molecule has 2 heterocycles. The number of nitrogens with zero attached hydrogens (tertiary/aromatic N) is 3. The summed E-state index contributed by atoms with van der Waals surface area (Å²) in [5, 5.41) is 5.68. The predicted molar refractivity (Wildman–Crippen MR) is 95.1 cm³/mol. The highest BCUT2D eigenvalue weighted by atomic mass is 16.2. The fourth-order valence-electron chi connectivity index (χ4n) is 3.22. The lowest BCUT2D eigenvalue weighted by Gasteiger charge is -2.30. The van der Waals surface area contributed by atoms with Crippen molar-refractivity contribution in [1.82, 2.24) is 14.7 Å². The maximum atomic E-state index is 13.0. The van der Waals surface area contributed by atoms with Crippen molar-refractivity contribution in [1.29, 1.82) is 0 Å². The summed E-state index contributed by atoms with van der Waals surface area (Å²) < 4.78 is 1.45. The lowest BCUT2D eigenvalue weighted by molar-refractivity contribution is 0.0690. The van der Waals surface area contributed by atoms with Crippen molar-refractivity contribution >= 4 is 16.7 Å². The predicted octanol–water partition coefficient (Wildman–Crippen LogP) is 2.92. The van der Waals surface area contributed by atoms with E-state index in [2.05, 4.69) is 12.0 Å². The van der Waals surface area contributed by atoms with Crippen molar-refractivity contribution in [2.75, 3.05) is 13.1 Å². The Kier molecular flexibility index (Phi) is 4.69. The first-order chi connectivity index (χ1) is 11.5. The largest absolute Gasteiger partial charge is 0.337 e. The van der Waals surface area contributed by atoms with Crippen molar-refractivity contribution in [3.8, 4) is 0 Å². The van der Waals surface area contributed by atoms with Crippen LogP contribution in [0.4, 0.5) is 0 Å². The van der Waals surface area contributed by atoms with Gasteiger partial charge in [-0.05, 0) is 30.7 Å². The molecule has 128 valence electrons. The number of hydrogen-bond donors (Lipinski definition) is 0. The van der Waals surface area contributed by atoms with Gasteiger partial charge in [-0.3, -0.25) is 9.59 Å². The van der Waals surface area contributed by atoms with E-state index in [1.165, 1.54) is 4.68 Å². The zero-order valence-electron chi connectivity index (χ0n) is 14.7. The topological polar surface area (TPSA) is 55.2 Å². The fourth-order valence-corrected chi connectivity index (χ4v) is 3.22. The summed E-state index contributed by atoms with van der Waals surface area (Å²) in [4.78, 5) is 27.5. The summed E-state index contributed by atoms with van der Waals surface area (Å²) >= 11 is 0. The highest BCUT2D eigenvalue weighted by Gasteiger charge is 2.25. The SMILES string of the molecule is CC(C)Cn1nc(C(=O)N2CCC(C)CC2)c2ccccc2c1=O. The Labute approximate surface area is 142 Å². The van der Waals surface area contributed by atoms with Gasteiger partial charge in [-0.25, -0.2) is 4.68 Å². The van der Waals surface area contributed by atoms with Gasteiger partial charge in [0.1, 0.15) is 0 Å². The van der Waals surface area contributed by atoms with Crippen molar-refractivity contribution in [2.45, 2.75) is 40.2 Å². The van der Waals surface area contributed by atoms with Crippen LogP contribution in [0.1, 0.15) is 44.1 Å². The number of fused-ring (bicyclic) bond motifs is 1. The van der Waals surface area contributed by atoms with Crippen molar-refractivity contribution in [3.05, 3.63) is 40.3 Å². The van der Waals surface area contributed by atoms with Crippen LogP contribution in [0, 0.1) is 11.8 Å². The van der Waals surface area contributed by atoms with Crippen LogP contribution in [0.5, 0.6) is 0 Å². The first-order valence-corrected chi connectivity index (χ1v) is 8.76. The highest BCUT2D eigenvalue weighted by molar-refractivity contribution is 6.04. The molecule has 2 aromatic rings. The Hall–Kier alpha value is -2.17. The number of likely N-dealkylation sites (tertiary alicyclic amines) is 1. The van der Waals surface area contributed by atoms with E-state index < -0.39 is 0 Å². The van der Waals surface area contributed by atoms with Crippen LogP contribution in [0.15, 0.2) is 29.1 Å². The molecular weight excluding hydrogens is 302 g/mol. The molecule has 1 aromatic carbocycles. The van der Waals surface area contributed by atoms with E-state index in [1.807, 2.05) is 36.9 Å². The Balaban J connectivity index is 2.07. The Morgan fingerprint density at radius 3 is 2.46 bits per heavy atom. The fraction of sp³-hybridized carbons (Fsp3) is 0.526. The van der Waals surface area contributed by atoms with Crippen LogP contribution < -0.4 is 5.56 Å². The number of carbonyl (C=O) groups excluding carboxylic acids is 1. The van der Waals surface area contributed by atoms with Gasteiger partial charge in [0.25, 0.3) is 11.5 Å². The molecule has 0 saturated carbocycles. The Morgan fingerprint density at radius 1 is 1.21 bits per heavy atom. The van der Waals surface area contributed by atoms with Crippen molar-refractivity contribution in [3.63, 3.8) is 0 Å². The lowest BCUT2D eigenvalue weighted by Crippen LogP contribution is -2.39. The quantitative estimate of drug-likeness (QED) is 0.871. The van der Waals surface area contributed by atoms with Crippen LogP contribution in [0.3, 0.4) is 0 Å². The van der Waals surface area contributed by atoms with Crippen LogP contribution in [0.25, 0.3) is 10.8 Å². The molecule has 1 aliphatic rings. The molecule has 1 amide bonds. The van der Waals surface area contributed by atoms with Gasteiger partial charge in [0.15, 0.2) is 5.69 Å². The third-order valence-electron chi connectivity index (χ3n) is 4.68. The average Bonchev–Trinajstić information content (AvgIpc) is 2.57. The second kappa shape index (κ2) is 6.75. The summed E-state index contributed by atoms with van der Waals surface area (Å²) in [5.41, 5.74) is 0.281. The third kappa shape index (κ3) is 3.21. The molecule has 3 rings (SSSR count). The minimum Gasteiger partial charge on any atom is -0.337 e. The van der Waals surface area contributed by atoms with Gasteiger partial charge < -0.3 is 4.90 Å². The number of carbonyl (C=O) groups is 1. The summed E-state index contributed by atoms with van der Waals surface area (Å²) in [6.45, 7) is 8.34. The van der Waals surface area contributed by atoms with Gasteiger partial charge in [0, 0.05) is 25.0 Å². The first-order valence-electron chi connectivity index (χ1n) is 8.76. The minimum atomic E-state index is -0.122. The van der Waals surface area contributed by atoms with E-state index in [-0.39, 0.29) is 17.4 Å². The number of benzene rings is 1. The molecule has 5 heteroatoms. The molecule has 0 bridgehead atoms. The molecular formula is C19H25N3O2. The van der Waals surface area contributed by atoms with Crippen LogP contribution >= 0.6 is 0 Å². The highest BCUT2D eigenvalue weighted by Crippen LogP contribution is 2.20. The standard InChI is InChI=1S/C19H25N3O2/c1-13(2)12-22-18(23)16-7-5-4-6-15(16)17(20-22)19(24)21-10-8-14(3)9-11-21/h4-7,13-14H,8-12H2,1-3H3. The number of aromatic nitrogens is 2. The molecule has 1 aromatic heterocycles. The zero-order chi connectivity index (χ0) is 17.3. The van der Waals surface area contributed by atoms with Crippen molar-refractivity contribution < 1.29 is 4.79 Å². The van der Waals surface area contributed by atoms with Gasteiger partial charge in [-0.2, -0.15) is 5.10 Å². The Bertz CT molecular complexity index is 802. The molecule has 0 N–H and O–H groups in total. The van der Waals surface area contributed by atoms with Crippen molar-refractivity contribution in [2.24, 2.45) is 11.8 Å².